The Morgan fingerprint density at radius 2 is 1.74 bits per heavy atom. The molecule has 0 saturated carbocycles. The predicted octanol–water partition coefficient (Wildman–Crippen LogP) is 2.93. The van der Waals surface area contributed by atoms with Gasteiger partial charge >= 0.3 is 0 Å². The number of nitrogens with one attached hydrogen (secondary N) is 1. The van der Waals surface area contributed by atoms with Crippen LogP contribution in [0.5, 0.6) is 0 Å². The Bertz CT molecular complexity index is 407. The predicted molar refractivity (Wildman–Crippen MR) is 69.9 cm³/mol. The number of aryl methyl sites for hydroxylation is 1. The molecule has 0 aliphatic heterocycles. The minimum atomic E-state index is -0.731. The second-order valence-corrected chi connectivity index (χ2v) is 4.14. The molecule has 0 heterocycles. The van der Waals surface area contributed by atoms with Gasteiger partial charge in [0.1, 0.15) is 11.6 Å². The van der Waals surface area contributed by atoms with Crippen LogP contribution in [-0.2, 0) is 9.47 Å². The van der Waals surface area contributed by atoms with Crippen molar-refractivity contribution in [2.75, 3.05) is 20.3 Å². The zero-order chi connectivity index (χ0) is 14.4. The van der Waals surface area contributed by atoms with Crippen molar-refractivity contribution in [3.8, 4) is 0 Å². The van der Waals surface area contributed by atoms with Crippen LogP contribution in [0, 0.1) is 18.6 Å². The smallest absolute Gasteiger partial charge is 0.177 e. The molecule has 0 saturated heterocycles. The quantitative estimate of drug-likeness (QED) is 0.775. The van der Waals surface area contributed by atoms with Crippen molar-refractivity contribution in [3.63, 3.8) is 0 Å². The summed E-state index contributed by atoms with van der Waals surface area (Å²) < 4.78 is 38.9. The van der Waals surface area contributed by atoms with Crippen LogP contribution < -0.4 is 5.32 Å². The lowest BCUT2D eigenvalue weighted by Gasteiger charge is -2.27. The summed E-state index contributed by atoms with van der Waals surface area (Å²) in [5, 5.41) is 2.87. The van der Waals surface area contributed by atoms with E-state index in [0.717, 1.165) is 0 Å². The lowest BCUT2D eigenvalue weighted by atomic mass is 10.0. The highest BCUT2D eigenvalue weighted by Gasteiger charge is 2.28. The Morgan fingerprint density at radius 1 is 1.16 bits per heavy atom. The van der Waals surface area contributed by atoms with Crippen molar-refractivity contribution in [2.24, 2.45) is 0 Å². The van der Waals surface area contributed by atoms with Gasteiger partial charge in [0.25, 0.3) is 0 Å². The van der Waals surface area contributed by atoms with Gasteiger partial charge in [-0.15, -0.1) is 0 Å². The van der Waals surface area contributed by atoms with Gasteiger partial charge in [-0.1, -0.05) is 6.07 Å². The van der Waals surface area contributed by atoms with E-state index in [-0.39, 0.29) is 5.56 Å². The number of rotatable bonds is 7. The van der Waals surface area contributed by atoms with Gasteiger partial charge in [0.05, 0.1) is 6.04 Å². The average Bonchev–Trinajstić information content (AvgIpc) is 2.39. The molecule has 19 heavy (non-hydrogen) atoms. The van der Waals surface area contributed by atoms with Crippen LogP contribution in [0.1, 0.15) is 31.0 Å². The molecule has 0 amide bonds. The Kier molecular flexibility index (Phi) is 6.34. The van der Waals surface area contributed by atoms with Crippen molar-refractivity contribution in [1.82, 2.24) is 5.32 Å². The third-order valence-corrected chi connectivity index (χ3v) is 2.88. The molecular weight excluding hydrogens is 252 g/mol. The van der Waals surface area contributed by atoms with Crippen LogP contribution in [-0.4, -0.2) is 26.6 Å². The molecular formula is C14H21F2NO2. The fourth-order valence-corrected chi connectivity index (χ4v) is 1.95. The van der Waals surface area contributed by atoms with Crippen molar-refractivity contribution in [3.05, 3.63) is 34.9 Å². The lowest BCUT2D eigenvalue weighted by Crippen LogP contribution is -2.35. The minimum Gasteiger partial charge on any atom is -0.351 e. The molecule has 0 aromatic heterocycles. The van der Waals surface area contributed by atoms with Crippen molar-refractivity contribution in [1.29, 1.82) is 0 Å². The molecule has 0 bridgehead atoms. The lowest BCUT2D eigenvalue weighted by molar-refractivity contribution is -0.155. The first-order valence-corrected chi connectivity index (χ1v) is 6.41. The average molecular weight is 273 g/mol. The van der Waals surface area contributed by atoms with Gasteiger partial charge in [-0.25, -0.2) is 8.78 Å². The number of ether oxygens (including phenoxy) is 2. The van der Waals surface area contributed by atoms with Crippen molar-refractivity contribution < 1.29 is 18.3 Å². The maximum absolute atomic E-state index is 14.1. The highest BCUT2D eigenvalue weighted by molar-refractivity contribution is 5.29. The standard InChI is InChI=1S/C14H21F2NO2/c1-5-18-14(19-6-2)13(17-4)11-10(15)8-7-9(3)12(11)16/h7-8,13-14,17H,5-6H2,1-4H3. The normalized spacial score (nSPS) is 13.0. The number of likely N-dealkylation sites (N-methyl/N-ethyl adjacent to an activating group) is 1. The molecule has 1 atom stereocenters. The highest BCUT2D eigenvalue weighted by atomic mass is 19.1. The van der Waals surface area contributed by atoms with Crippen LogP contribution in [0.15, 0.2) is 12.1 Å². The molecule has 3 nitrogen and oxygen atoms in total. The minimum absolute atomic E-state index is 0.0469. The van der Waals surface area contributed by atoms with Crippen LogP contribution >= 0.6 is 0 Å². The monoisotopic (exact) mass is 273 g/mol. The molecule has 0 radical (unpaired) electrons. The molecule has 1 unspecified atom stereocenters. The van der Waals surface area contributed by atoms with E-state index < -0.39 is 24.0 Å². The Balaban J connectivity index is 3.17. The first-order valence-electron chi connectivity index (χ1n) is 6.41. The van der Waals surface area contributed by atoms with Gasteiger partial charge in [-0.3, -0.25) is 0 Å². The first-order chi connectivity index (χ1) is 9.06. The molecule has 0 aliphatic carbocycles. The summed E-state index contributed by atoms with van der Waals surface area (Å²) in [6, 6.07) is 1.98. The van der Waals surface area contributed by atoms with Crippen LogP contribution in [0.4, 0.5) is 8.78 Å². The van der Waals surface area contributed by atoms with E-state index in [1.807, 2.05) is 13.8 Å². The van der Waals surface area contributed by atoms with E-state index in [0.29, 0.717) is 18.8 Å². The van der Waals surface area contributed by atoms with Crippen LogP contribution in [0.3, 0.4) is 0 Å². The van der Waals surface area contributed by atoms with E-state index in [4.69, 9.17) is 9.47 Å². The molecule has 1 N–H and O–H groups in total. The summed E-state index contributed by atoms with van der Waals surface area (Å²) in [7, 11) is 1.62. The van der Waals surface area contributed by atoms with Gasteiger partial charge in [0.2, 0.25) is 0 Å². The third-order valence-electron chi connectivity index (χ3n) is 2.88. The van der Waals surface area contributed by atoms with Gasteiger partial charge in [-0.05, 0) is 39.4 Å². The van der Waals surface area contributed by atoms with E-state index >= 15 is 0 Å². The zero-order valence-electron chi connectivity index (χ0n) is 11.8. The van der Waals surface area contributed by atoms with Crippen LogP contribution in [0.2, 0.25) is 0 Å². The maximum atomic E-state index is 14.1. The molecule has 0 aliphatic rings. The summed E-state index contributed by atoms with van der Waals surface area (Å²) in [6.07, 6.45) is -0.731. The molecule has 0 spiro atoms. The van der Waals surface area contributed by atoms with E-state index in [9.17, 15) is 8.78 Å². The number of halogens is 2. The summed E-state index contributed by atoms with van der Waals surface area (Å²) in [5.41, 5.74) is 0.345. The molecule has 1 aromatic carbocycles. The molecule has 5 heteroatoms. The Hall–Kier alpha value is -1.04. The molecule has 0 fully saturated rings. The molecule has 1 rings (SSSR count). The summed E-state index contributed by atoms with van der Waals surface area (Å²) in [6.45, 7) is 6.01. The number of hydrogen-bond donors (Lipinski definition) is 1. The zero-order valence-corrected chi connectivity index (χ0v) is 11.8. The number of hydrogen-bond acceptors (Lipinski definition) is 3. The fraction of sp³-hybridized carbons (Fsp3) is 0.571. The Labute approximate surface area is 112 Å². The van der Waals surface area contributed by atoms with E-state index in [2.05, 4.69) is 5.32 Å². The first kappa shape index (κ1) is 16.0. The van der Waals surface area contributed by atoms with Gasteiger partial charge in [0.15, 0.2) is 6.29 Å². The topological polar surface area (TPSA) is 30.5 Å². The van der Waals surface area contributed by atoms with Crippen LogP contribution in [0.25, 0.3) is 0 Å². The summed E-state index contributed by atoms with van der Waals surface area (Å²) in [4.78, 5) is 0. The highest BCUT2D eigenvalue weighted by Crippen LogP contribution is 2.27. The van der Waals surface area contributed by atoms with E-state index in [1.54, 1.807) is 14.0 Å². The maximum Gasteiger partial charge on any atom is 0.177 e. The number of benzene rings is 1. The van der Waals surface area contributed by atoms with Gasteiger partial charge < -0.3 is 14.8 Å². The van der Waals surface area contributed by atoms with E-state index in [1.165, 1.54) is 12.1 Å². The summed E-state index contributed by atoms with van der Waals surface area (Å²) in [5.74, 6) is -1.17. The summed E-state index contributed by atoms with van der Waals surface area (Å²) >= 11 is 0. The third kappa shape index (κ3) is 3.72. The molecule has 1 aromatic rings. The molecule has 108 valence electrons. The second kappa shape index (κ2) is 7.53. The SMILES string of the molecule is CCOC(OCC)C(NC)c1c(F)ccc(C)c1F. The second-order valence-electron chi connectivity index (χ2n) is 4.14. The van der Waals surface area contributed by atoms with Crippen molar-refractivity contribution in [2.45, 2.75) is 33.1 Å². The van der Waals surface area contributed by atoms with Gasteiger partial charge in [-0.2, -0.15) is 0 Å². The largest absolute Gasteiger partial charge is 0.351 e. The fourth-order valence-electron chi connectivity index (χ4n) is 1.95. The van der Waals surface area contributed by atoms with Gasteiger partial charge in [0, 0.05) is 18.8 Å². The Morgan fingerprint density at radius 3 is 2.21 bits per heavy atom. The van der Waals surface area contributed by atoms with Crippen molar-refractivity contribution >= 4 is 0 Å².